The molecule has 0 saturated heterocycles. The van der Waals surface area contributed by atoms with E-state index in [0.29, 0.717) is 16.4 Å². The Balaban J connectivity index is 1.98. The Labute approximate surface area is 151 Å². The van der Waals surface area contributed by atoms with Gasteiger partial charge < -0.3 is 14.1 Å². The van der Waals surface area contributed by atoms with Crippen molar-refractivity contribution in [2.24, 2.45) is 0 Å². The molecule has 0 aliphatic rings. The van der Waals surface area contributed by atoms with E-state index in [1.165, 1.54) is 0 Å². The number of carbonyl (C=O) groups excluding carboxylic acids is 1. The zero-order valence-electron chi connectivity index (χ0n) is 14.7. The van der Waals surface area contributed by atoms with E-state index in [1.807, 2.05) is 50.2 Å². The summed E-state index contributed by atoms with van der Waals surface area (Å²) in [5.41, 5.74) is 2.28. The van der Waals surface area contributed by atoms with Gasteiger partial charge in [-0.25, -0.2) is 0 Å². The van der Waals surface area contributed by atoms with E-state index in [9.17, 15) is 4.79 Å². The number of para-hydroxylation sites is 2. The average Bonchev–Trinajstić information content (AvgIpc) is 2.98. The topological polar surface area (TPSA) is 42.7 Å². The number of benzene rings is 2. The molecule has 0 N–H and O–H groups in total. The van der Waals surface area contributed by atoms with Crippen molar-refractivity contribution >= 4 is 28.5 Å². The molecule has 3 aromatic rings. The lowest BCUT2D eigenvalue weighted by Gasteiger charge is -2.26. The van der Waals surface area contributed by atoms with Crippen LogP contribution in [0.3, 0.4) is 0 Å². The van der Waals surface area contributed by atoms with Gasteiger partial charge in [0.1, 0.15) is 5.75 Å². The summed E-state index contributed by atoms with van der Waals surface area (Å²) < 4.78 is 11.2. The summed E-state index contributed by atoms with van der Waals surface area (Å²) in [6.45, 7) is 3.83. The molecule has 0 spiro atoms. The molecule has 0 radical (unpaired) electrons. The molecule has 1 amide bonds. The number of hydrogen-bond acceptors (Lipinski definition) is 3. The summed E-state index contributed by atoms with van der Waals surface area (Å²) in [6, 6.07) is 13.0. The molecule has 0 aliphatic carbocycles. The molecule has 1 atom stereocenters. The van der Waals surface area contributed by atoms with Crippen LogP contribution in [-0.4, -0.2) is 25.0 Å². The minimum atomic E-state index is -0.192. The lowest BCUT2D eigenvalue weighted by Crippen LogP contribution is -2.30. The lowest BCUT2D eigenvalue weighted by molar-refractivity contribution is 0.0710. The number of halogens is 1. The molecular weight excluding hydrogens is 338 g/mol. The second-order valence-corrected chi connectivity index (χ2v) is 6.41. The van der Waals surface area contributed by atoms with Crippen molar-refractivity contribution in [3.63, 3.8) is 0 Å². The fraction of sp³-hybridized carbons (Fsp3) is 0.250. The van der Waals surface area contributed by atoms with Crippen molar-refractivity contribution in [3.8, 4) is 5.75 Å². The Kier molecular flexibility index (Phi) is 4.73. The predicted molar refractivity (Wildman–Crippen MR) is 99.5 cm³/mol. The van der Waals surface area contributed by atoms with Crippen molar-refractivity contribution in [1.29, 1.82) is 0 Å². The van der Waals surface area contributed by atoms with Crippen LogP contribution in [-0.2, 0) is 0 Å². The second kappa shape index (κ2) is 6.81. The van der Waals surface area contributed by atoms with E-state index in [0.717, 1.165) is 22.3 Å². The van der Waals surface area contributed by atoms with E-state index < -0.39 is 0 Å². The van der Waals surface area contributed by atoms with Crippen molar-refractivity contribution in [3.05, 3.63) is 64.4 Å². The van der Waals surface area contributed by atoms with Crippen molar-refractivity contribution in [2.75, 3.05) is 14.2 Å². The first-order valence-electron chi connectivity index (χ1n) is 8.03. The first-order valence-corrected chi connectivity index (χ1v) is 8.41. The standard InChI is InChI=1S/C20H20ClNO3/c1-12-14-9-7-10-16(21)19(14)25-18(12)20(23)22(3)13(2)15-8-5-6-11-17(15)24-4/h5-11,13H,1-4H3. The van der Waals surface area contributed by atoms with Crippen LogP contribution in [0.5, 0.6) is 5.75 Å². The molecule has 0 fully saturated rings. The summed E-state index contributed by atoms with van der Waals surface area (Å²) >= 11 is 6.19. The van der Waals surface area contributed by atoms with Crippen molar-refractivity contribution in [2.45, 2.75) is 19.9 Å². The van der Waals surface area contributed by atoms with Crippen LogP contribution in [0.25, 0.3) is 11.0 Å². The van der Waals surface area contributed by atoms with Crippen LogP contribution >= 0.6 is 11.6 Å². The SMILES string of the molecule is COc1ccccc1C(C)N(C)C(=O)c1oc2c(Cl)cccc2c1C. The minimum Gasteiger partial charge on any atom is -0.496 e. The number of aryl methyl sites for hydroxylation is 1. The molecule has 1 aromatic heterocycles. The quantitative estimate of drug-likeness (QED) is 0.641. The van der Waals surface area contributed by atoms with Gasteiger partial charge in [0, 0.05) is 23.6 Å². The van der Waals surface area contributed by atoms with Gasteiger partial charge in [0.25, 0.3) is 5.91 Å². The normalized spacial score (nSPS) is 12.2. The maximum Gasteiger partial charge on any atom is 0.290 e. The molecule has 4 nitrogen and oxygen atoms in total. The fourth-order valence-corrected chi connectivity index (χ4v) is 3.18. The molecular formula is C20H20ClNO3. The number of ether oxygens (including phenoxy) is 1. The lowest BCUT2D eigenvalue weighted by atomic mass is 10.1. The molecule has 2 aromatic carbocycles. The second-order valence-electron chi connectivity index (χ2n) is 6.01. The first-order chi connectivity index (χ1) is 12.0. The van der Waals surface area contributed by atoms with E-state index in [4.69, 9.17) is 20.8 Å². The molecule has 130 valence electrons. The summed E-state index contributed by atoms with van der Waals surface area (Å²) in [6.07, 6.45) is 0. The third-order valence-electron chi connectivity index (χ3n) is 4.60. The van der Waals surface area contributed by atoms with Gasteiger partial charge in [0.2, 0.25) is 0 Å². The molecule has 0 bridgehead atoms. The summed E-state index contributed by atoms with van der Waals surface area (Å²) in [7, 11) is 3.38. The van der Waals surface area contributed by atoms with Gasteiger partial charge in [-0.3, -0.25) is 4.79 Å². The number of nitrogens with zero attached hydrogens (tertiary/aromatic N) is 1. The van der Waals surface area contributed by atoms with Gasteiger partial charge in [-0.2, -0.15) is 0 Å². The highest BCUT2D eigenvalue weighted by molar-refractivity contribution is 6.35. The van der Waals surface area contributed by atoms with Crippen LogP contribution in [0, 0.1) is 6.92 Å². The van der Waals surface area contributed by atoms with E-state index in [2.05, 4.69) is 0 Å². The van der Waals surface area contributed by atoms with Crippen LogP contribution < -0.4 is 4.74 Å². The van der Waals surface area contributed by atoms with Gasteiger partial charge in [0.15, 0.2) is 11.3 Å². The smallest absolute Gasteiger partial charge is 0.290 e. The Hall–Kier alpha value is -2.46. The fourth-order valence-electron chi connectivity index (χ4n) is 2.97. The third-order valence-corrected chi connectivity index (χ3v) is 4.90. The zero-order chi connectivity index (χ0) is 18.1. The van der Waals surface area contributed by atoms with Gasteiger partial charge in [-0.05, 0) is 26.0 Å². The average molecular weight is 358 g/mol. The van der Waals surface area contributed by atoms with Crippen LogP contribution in [0.2, 0.25) is 5.02 Å². The van der Waals surface area contributed by atoms with Crippen LogP contribution in [0.4, 0.5) is 0 Å². The highest BCUT2D eigenvalue weighted by Gasteiger charge is 2.26. The number of furan rings is 1. The molecule has 3 rings (SSSR count). The van der Waals surface area contributed by atoms with E-state index in [1.54, 1.807) is 25.1 Å². The Morgan fingerprint density at radius 1 is 1.20 bits per heavy atom. The maximum absolute atomic E-state index is 13.0. The van der Waals surface area contributed by atoms with Crippen LogP contribution in [0.1, 0.15) is 34.6 Å². The molecule has 25 heavy (non-hydrogen) atoms. The van der Waals surface area contributed by atoms with E-state index in [-0.39, 0.29) is 11.9 Å². The molecule has 1 unspecified atom stereocenters. The highest BCUT2D eigenvalue weighted by atomic mass is 35.5. The number of fused-ring (bicyclic) bond motifs is 1. The number of rotatable bonds is 4. The third kappa shape index (κ3) is 2.98. The number of amides is 1. The van der Waals surface area contributed by atoms with Gasteiger partial charge in [0.05, 0.1) is 18.2 Å². The predicted octanol–water partition coefficient (Wildman–Crippen LogP) is 5.24. The van der Waals surface area contributed by atoms with Gasteiger partial charge >= 0.3 is 0 Å². The molecule has 0 aliphatic heterocycles. The van der Waals surface area contributed by atoms with Gasteiger partial charge in [-0.1, -0.05) is 41.9 Å². The summed E-state index contributed by atoms with van der Waals surface area (Å²) in [5.74, 6) is 0.870. The van der Waals surface area contributed by atoms with Crippen LogP contribution in [0.15, 0.2) is 46.9 Å². The number of carbonyl (C=O) groups is 1. The number of methoxy groups -OCH3 is 1. The summed E-state index contributed by atoms with van der Waals surface area (Å²) in [5, 5.41) is 1.36. The van der Waals surface area contributed by atoms with Crippen molar-refractivity contribution < 1.29 is 13.9 Å². The minimum absolute atomic E-state index is 0.174. The van der Waals surface area contributed by atoms with Crippen molar-refractivity contribution in [1.82, 2.24) is 4.90 Å². The Morgan fingerprint density at radius 3 is 2.60 bits per heavy atom. The van der Waals surface area contributed by atoms with E-state index >= 15 is 0 Å². The monoisotopic (exact) mass is 357 g/mol. The molecule has 1 heterocycles. The maximum atomic E-state index is 13.0. The Bertz CT molecular complexity index is 932. The Morgan fingerprint density at radius 2 is 1.92 bits per heavy atom. The highest BCUT2D eigenvalue weighted by Crippen LogP contribution is 2.33. The summed E-state index contributed by atoms with van der Waals surface area (Å²) in [4.78, 5) is 14.7. The molecule has 0 saturated carbocycles. The van der Waals surface area contributed by atoms with Gasteiger partial charge in [-0.15, -0.1) is 0 Å². The zero-order valence-corrected chi connectivity index (χ0v) is 15.4. The molecule has 5 heteroatoms. The first kappa shape index (κ1) is 17.4. The largest absolute Gasteiger partial charge is 0.496 e. The number of hydrogen-bond donors (Lipinski definition) is 0.